The number of hydrogen-bond donors (Lipinski definition) is 0. The van der Waals surface area contributed by atoms with Gasteiger partial charge in [0.15, 0.2) is 0 Å². The smallest absolute Gasteiger partial charge is 0.123 e. The third-order valence-corrected chi connectivity index (χ3v) is 1.05. The molecule has 3 heteroatoms. The summed E-state index contributed by atoms with van der Waals surface area (Å²) < 4.78 is 17.0. The van der Waals surface area contributed by atoms with Crippen LogP contribution < -0.4 is 4.74 Å². The van der Waals surface area contributed by atoms with Gasteiger partial charge in [-0.25, -0.2) is 4.39 Å². The Morgan fingerprint density at radius 2 is 1.75 bits per heavy atom. The average molecular weight is 186 g/mol. The summed E-state index contributed by atoms with van der Waals surface area (Å²) in [7, 11) is 1.55. The molecule has 0 unspecified atom stereocenters. The largest absolute Gasteiger partial charge is 0.497 e. The normalized spacial score (nSPS) is 7.92. The monoisotopic (exact) mass is 186 g/mol. The second-order valence-corrected chi connectivity index (χ2v) is 2.37. The van der Waals surface area contributed by atoms with Crippen molar-refractivity contribution in [2.75, 3.05) is 7.11 Å². The Morgan fingerprint density at radius 1 is 1.33 bits per heavy atom. The van der Waals surface area contributed by atoms with Gasteiger partial charge in [-0.05, 0) is 36.6 Å². The van der Waals surface area contributed by atoms with Crippen molar-refractivity contribution in [3.05, 3.63) is 30.1 Å². The number of halogens is 1. The lowest BCUT2D eigenvalue weighted by Gasteiger charge is -1.95. The third-order valence-electron chi connectivity index (χ3n) is 1.05. The summed E-state index contributed by atoms with van der Waals surface area (Å²) in [6, 6.07) is 5.88. The quantitative estimate of drug-likeness (QED) is 0.624. The van der Waals surface area contributed by atoms with Gasteiger partial charge in [-0.2, -0.15) is 0 Å². The zero-order chi connectivity index (χ0) is 9.40. The van der Waals surface area contributed by atoms with E-state index in [1.807, 2.05) is 6.92 Å². The van der Waals surface area contributed by atoms with Crippen molar-refractivity contribution in [2.24, 2.45) is 0 Å². The van der Waals surface area contributed by atoms with Crippen LogP contribution in [0.5, 0.6) is 5.75 Å². The molecule has 0 radical (unpaired) electrons. The first-order valence-corrected chi connectivity index (χ1v) is 3.91. The Morgan fingerprint density at radius 3 is 2.08 bits per heavy atom. The van der Waals surface area contributed by atoms with Gasteiger partial charge in [-0.3, -0.25) is 0 Å². The molecule has 0 N–H and O–H groups in total. The maximum Gasteiger partial charge on any atom is 0.123 e. The summed E-state index contributed by atoms with van der Waals surface area (Å²) in [6.07, 6.45) is 0. The lowest BCUT2D eigenvalue weighted by molar-refractivity contribution is 0.413. The first-order valence-electron chi connectivity index (χ1n) is 3.44. The molecule has 1 nitrogen and oxygen atoms in total. The van der Waals surface area contributed by atoms with Crippen LogP contribution in [0.4, 0.5) is 4.39 Å². The molecule has 0 atom stereocenters. The third kappa shape index (κ3) is 4.79. The standard InChI is InChI=1S/C7H7FO.C2H4S/c1-9-7-4-2-6(8)3-5-7;1-2-3/h2-5H,1H3;2H,1H3. The molecule has 1 aromatic carbocycles. The van der Waals surface area contributed by atoms with Crippen LogP contribution in [-0.2, 0) is 0 Å². The Bertz CT molecular complexity index is 220. The molecule has 12 heavy (non-hydrogen) atoms. The number of hydrogen-bond acceptors (Lipinski definition) is 2. The fourth-order valence-electron chi connectivity index (χ4n) is 0.571. The number of benzene rings is 1. The van der Waals surface area contributed by atoms with Gasteiger partial charge in [0.25, 0.3) is 0 Å². The maximum atomic E-state index is 12.2. The van der Waals surface area contributed by atoms with E-state index < -0.39 is 0 Å². The number of thiocarbonyl (C=S) groups is 1. The molecule has 0 aromatic heterocycles. The van der Waals surface area contributed by atoms with Crippen LogP contribution in [0.1, 0.15) is 6.92 Å². The van der Waals surface area contributed by atoms with Gasteiger partial charge in [0.2, 0.25) is 0 Å². The minimum atomic E-state index is -0.240. The molecule has 66 valence electrons. The van der Waals surface area contributed by atoms with Crippen molar-refractivity contribution in [1.29, 1.82) is 0 Å². The molecule has 1 aromatic rings. The fourth-order valence-corrected chi connectivity index (χ4v) is 0.571. The van der Waals surface area contributed by atoms with Crippen LogP contribution in [0.3, 0.4) is 0 Å². The second kappa shape index (κ2) is 6.73. The van der Waals surface area contributed by atoms with Gasteiger partial charge >= 0.3 is 0 Å². The molecule has 0 heterocycles. The Hall–Kier alpha value is -0.960. The van der Waals surface area contributed by atoms with Crippen LogP contribution in [0.25, 0.3) is 0 Å². The Balaban J connectivity index is 0.000000354. The van der Waals surface area contributed by atoms with Crippen molar-refractivity contribution in [2.45, 2.75) is 6.92 Å². The molecular weight excluding hydrogens is 175 g/mol. The maximum absolute atomic E-state index is 12.2. The number of rotatable bonds is 1. The number of ether oxygens (including phenoxy) is 1. The molecular formula is C9H11FOS. The van der Waals surface area contributed by atoms with Gasteiger partial charge in [0.05, 0.1) is 7.11 Å². The molecule has 0 saturated heterocycles. The highest BCUT2D eigenvalue weighted by atomic mass is 32.1. The van der Waals surface area contributed by atoms with Crippen LogP contribution in [0.15, 0.2) is 24.3 Å². The van der Waals surface area contributed by atoms with Crippen LogP contribution in [0, 0.1) is 5.82 Å². The predicted octanol–water partition coefficient (Wildman–Crippen LogP) is 2.84. The zero-order valence-corrected chi connectivity index (χ0v) is 7.90. The van der Waals surface area contributed by atoms with Crippen molar-refractivity contribution >= 4 is 17.6 Å². The van der Waals surface area contributed by atoms with Crippen molar-refractivity contribution in [3.63, 3.8) is 0 Å². The molecule has 1 rings (SSSR count). The summed E-state index contributed by atoms with van der Waals surface area (Å²) in [5.74, 6) is 0.437. The lowest BCUT2D eigenvalue weighted by atomic mass is 10.3. The van der Waals surface area contributed by atoms with Gasteiger partial charge in [-0.15, -0.1) is 0 Å². The van der Waals surface area contributed by atoms with E-state index in [0.717, 1.165) is 0 Å². The zero-order valence-electron chi connectivity index (χ0n) is 7.08. The summed E-state index contributed by atoms with van der Waals surface area (Å²) in [4.78, 5) is 0. The summed E-state index contributed by atoms with van der Waals surface area (Å²) in [5, 5.41) is 1.58. The second-order valence-electron chi connectivity index (χ2n) is 1.89. The topological polar surface area (TPSA) is 9.23 Å². The Labute approximate surface area is 77.2 Å². The van der Waals surface area contributed by atoms with Crippen LogP contribution >= 0.6 is 12.2 Å². The van der Waals surface area contributed by atoms with Gasteiger partial charge < -0.3 is 4.74 Å². The SMILES string of the molecule is CC=S.COc1ccc(F)cc1. The van der Waals surface area contributed by atoms with Crippen molar-refractivity contribution in [3.8, 4) is 5.75 Å². The summed E-state index contributed by atoms with van der Waals surface area (Å²) in [6.45, 7) is 1.81. The van der Waals surface area contributed by atoms with Crippen molar-refractivity contribution in [1.82, 2.24) is 0 Å². The first-order chi connectivity index (χ1) is 5.74. The van der Waals surface area contributed by atoms with E-state index in [1.165, 1.54) is 12.1 Å². The molecule has 0 saturated carbocycles. The van der Waals surface area contributed by atoms with E-state index in [4.69, 9.17) is 4.74 Å². The number of methoxy groups -OCH3 is 1. The molecule has 0 amide bonds. The lowest BCUT2D eigenvalue weighted by Crippen LogP contribution is -1.80. The highest BCUT2D eigenvalue weighted by Gasteiger charge is 1.88. The van der Waals surface area contributed by atoms with Crippen LogP contribution in [-0.4, -0.2) is 12.5 Å². The van der Waals surface area contributed by atoms with E-state index in [1.54, 1.807) is 24.6 Å². The minimum Gasteiger partial charge on any atom is -0.497 e. The van der Waals surface area contributed by atoms with Gasteiger partial charge in [0, 0.05) is 0 Å². The predicted molar refractivity (Wildman–Crippen MR) is 52.3 cm³/mol. The minimum absolute atomic E-state index is 0.240. The first kappa shape index (κ1) is 11.0. The highest BCUT2D eigenvalue weighted by molar-refractivity contribution is 7.78. The molecule has 0 aliphatic heterocycles. The van der Waals surface area contributed by atoms with E-state index in [-0.39, 0.29) is 5.82 Å². The Kier molecular flexibility index (Phi) is 6.19. The highest BCUT2D eigenvalue weighted by Crippen LogP contribution is 2.08. The van der Waals surface area contributed by atoms with E-state index in [9.17, 15) is 4.39 Å². The molecule has 0 aliphatic rings. The van der Waals surface area contributed by atoms with E-state index in [2.05, 4.69) is 12.2 Å². The van der Waals surface area contributed by atoms with Gasteiger partial charge in [0.1, 0.15) is 11.6 Å². The van der Waals surface area contributed by atoms with Crippen molar-refractivity contribution < 1.29 is 9.13 Å². The molecule has 0 fully saturated rings. The molecule has 0 aliphatic carbocycles. The summed E-state index contributed by atoms with van der Waals surface area (Å²) in [5.41, 5.74) is 0. The van der Waals surface area contributed by atoms with E-state index in [0.29, 0.717) is 5.75 Å². The molecule has 0 bridgehead atoms. The molecule has 0 spiro atoms. The van der Waals surface area contributed by atoms with Gasteiger partial charge in [-0.1, -0.05) is 12.2 Å². The average Bonchev–Trinajstić information content (AvgIpc) is 2.07. The van der Waals surface area contributed by atoms with E-state index >= 15 is 0 Å². The van der Waals surface area contributed by atoms with Crippen LogP contribution in [0.2, 0.25) is 0 Å². The summed E-state index contributed by atoms with van der Waals surface area (Å²) >= 11 is 4.27. The fraction of sp³-hybridized carbons (Fsp3) is 0.222.